The summed E-state index contributed by atoms with van der Waals surface area (Å²) >= 11 is 0. The lowest BCUT2D eigenvalue weighted by Gasteiger charge is -2.07. The van der Waals surface area contributed by atoms with Gasteiger partial charge in [-0.2, -0.15) is 0 Å². The Bertz CT molecular complexity index is 526. The number of aromatic nitrogens is 1. The maximum Gasteiger partial charge on any atom is 0.251 e. The third-order valence-electron chi connectivity index (χ3n) is 2.40. The summed E-state index contributed by atoms with van der Waals surface area (Å²) in [7, 11) is 0. The molecule has 1 aromatic carbocycles. The molecule has 0 aliphatic heterocycles. The van der Waals surface area contributed by atoms with Crippen molar-refractivity contribution in [1.29, 1.82) is 0 Å². The van der Waals surface area contributed by atoms with E-state index in [0.717, 1.165) is 11.5 Å². The Kier molecular flexibility index (Phi) is 3.91. The molecule has 0 aliphatic carbocycles. The molecule has 1 amide bonds. The monoisotopic (exact) mass is 241 g/mol. The van der Waals surface area contributed by atoms with E-state index in [2.05, 4.69) is 15.6 Å². The van der Waals surface area contributed by atoms with E-state index in [0.29, 0.717) is 12.1 Å². The smallest absolute Gasteiger partial charge is 0.251 e. The molecule has 1 aromatic heterocycles. The van der Waals surface area contributed by atoms with Crippen molar-refractivity contribution in [3.63, 3.8) is 0 Å². The number of carbonyl (C=O) groups excluding carboxylic acids is 1. The molecule has 0 bridgehead atoms. The second kappa shape index (κ2) is 5.82. The number of anilines is 2. The van der Waals surface area contributed by atoms with Gasteiger partial charge in [0, 0.05) is 24.0 Å². The molecule has 4 heteroatoms. The number of hydrogen-bond donors (Lipinski definition) is 2. The van der Waals surface area contributed by atoms with E-state index in [4.69, 9.17) is 0 Å². The van der Waals surface area contributed by atoms with Crippen LogP contribution >= 0.6 is 0 Å². The lowest BCUT2D eigenvalue weighted by Crippen LogP contribution is -2.22. The SMILES string of the molecule is CCNC(=O)c1cccc(Nc2ccccn2)c1. The maximum absolute atomic E-state index is 11.7. The van der Waals surface area contributed by atoms with Gasteiger partial charge < -0.3 is 10.6 Å². The summed E-state index contributed by atoms with van der Waals surface area (Å²) in [4.78, 5) is 15.9. The van der Waals surface area contributed by atoms with Crippen molar-refractivity contribution in [2.45, 2.75) is 6.92 Å². The normalized spacial score (nSPS) is 9.83. The van der Waals surface area contributed by atoms with Crippen LogP contribution in [-0.4, -0.2) is 17.4 Å². The quantitative estimate of drug-likeness (QED) is 0.865. The topological polar surface area (TPSA) is 54.0 Å². The van der Waals surface area contributed by atoms with Gasteiger partial charge >= 0.3 is 0 Å². The van der Waals surface area contributed by atoms with E-state index < -0.39 is 0 Å². The summed E-state index contributed by atoms with van der Waals surface area (Å²) in [5.41, 5.74) is 1.48. The predicted molar refractivity (Wildman–Crippen MR) is 72.0 cm³/mol. The van der Waals surface area contributed by atoms with Crippen molar-refractivity contribution in [2.75, 3.05) is 11.9 Å². The van der Waals surface area contributed by atoms with Crippen LogP contribution in [-0.2, 0) is 0 Å². The molecular formula is C14H15N3O. The zero-order chi connectivity index (χ0) is 12.8. The molecule has 0 spiro atoms. The highest BCUT2D eigenvalue weighted by molar-refractivity contribution is 5.95. The van der Waals surface area contributed by atoms with Crippen molar-refractivity contribution < 1.29 is 4.79 Å². The van der Waals surface area contributed by atoms with E-state index in [1.165, 1.54) is 0 Å². The Labute approximate surface area is 106 Å². The number of rotatable bonds is 4. The average Bonchev–Trinajstić information content (AvgIpc) is 2.40. The van der Waals surface area contributed by atoms with Crippen LogP contribution in [0.1, 0.15) is 17.3 Å². The summed E-state index contributed by atoms with van der Waals surface area (Å²) in [6.45, 7) is 2.52. The Morgan fingerprint density at radius 3 is 2.83 bits per heavy atom. The molecule has 4 nitrogen and oxygen atoms in total. The molecule has 0 fully saturated rings. The van der Waals surface area contributed by atoms with Gasteiger partial charge in [-0.3, -0.25) is 4.79 Å². The van der Waals surface area contributed by atoms with Gasteiger partial charge in [-0.25, -0.2) is 4.98 Å². The van der Waals surface area contributed by atoms with Crippen molar-refractivity contribution in [3.8, 4) is 0 Å². The van der Waals surface area contributed by atoms with Gasteiger partial charge in [0.05, 0.1) is 0 Å². The fourth-order valence-electron chi connectivity index (χ4n) is 1.59. The van der Waals surface area contributed by atoms with Gasteiger partial charge in [-0.1, -0.05) is 12.1 Å². The van der Waals surface area contributed by atoms with Crippen LogP contribution in [0.4, 0.5) is 11.5 Å². The Morgan fingerprint density at radius 2 is 2.11 bits per heavy atom. The van der Waals surface area contributed by atoms with Crippen LogP contribution in [0.5, 0.6) is 0 Å². The van der Waals surface area contributed by atoms with Crippen LogP contribution < -0.4 is 10.6 Å². The van der Waals surface area contributed by atoms with Gasteiger partial charge in [0.25, 0.3) is 5.91 Å². The summed E-state index contributed by atoms with van der Waals surface area (Å²) < 4.78 is 0. The molecule has 92 valence electrons. The second-order valence-corrected chi connectivity index (χ2v) is 3.78. The molecule has 2 N–H and O–H groups in total. The van der Waals surface area contributed by atoms with Gasteiger partial charge in [-0.05, 0) is 37.3 Å². The zero-order valence-corrected chi connectivity index (χ0v) is 10.2. The number of benzene rings is 1. The van der Waals surface area contributed by atoms with E-state index in [1.54, 1.807) is 18.3 Å². The third-order valence-corrected chi connectivity index (χ3v) is 2.40. The van der Waals surface area contributed by atoms with Gasteiger partial charge in [0.2, 0.25) is 0 Å². The minimum absolute atomic E-state index is 0.0674. The molecule has 0 radical (unpaired) electrons. The van der Waals surface area contributed by atoms with Crippen LogP contribution in [0.3, 0.4) is 0 Å². The first-order valence-electron chi connectivity index (χ1n) is 5.86. The summed E-state index contributed by atoms with van der Waals surface area (Å²) in [6.07, 6.45) is 1.72. The molecule has 18 heavy (non-hydrogen) atoms. The number of amides is 1. The molecule has 0 unspecified atom stereocenters. The van der Waals surface area contributed by atoms with Crippen molar-refractivity contribution in [3.05, 3.63) is 54.2 Å². The molecule has 2 rings (SSSR count). The Morgan fingerprint density at radius 1 is 1.22 bits per heavy atom. The van der Waals surface area contributed by atoms with Crippen LogP contribution in [0.2, 0.25) is 0 Å². The number of nitrogens with zero attached hydrogens (tertiary/aromatic N) is 1. The highest BCUT2D eigenvalue weighted by Gasteiger charge is 2.04. The summed E-state index contributed by atoms with van der Waals surface area (Å²) in [5.74, 6) is 0.688. The van der Waals surface area contributed by atoms with Crippen molar-refractivity contribution in [1.82, 2.24) is 10.3 Å². The number of hydrogen-bond acceptors (Lipinski definition) is 3. The Hall–Kier alpha value is -2.36. The predicted octanol–water partition coefficient (Wildman–Crippen LogP) is 2.57. The molecule has 1 heterocycles. The third kappa shape index (κ3) is 3.07. The first-order chi connectivity index (χ1) is 8.79. The number of nitrogens with one attached hydrogen (secondary N) is 2. The zero-order valence-electron chi connectivity index (χ0n) is 10.2. The lowest BCUT2D eigenvalue weighted by molar-refractivity contribution is 0.0956. The van der Waals surface area contributed by atoms with Gasteiger partial charge in [0.15, 0.2) is 0 Å². The average molecular weight is 241 g/mol. The fraction of sp³-hybridized carbons (Fsp3) is 0.143. The highest BCUT2D eigenvalue weighted by atomic mass is 16.1. The van der Waals surface area contributed by atoms with E-state index >= 15 is 0 Å². The van der Waals surface area contributed by atoms with Crippen LogP contribution in [0, 0.1) is 0 Å². The van der Waals surface area contributed by atoms with Crippen molar-refractivity contribution >= 4 is 17.4 Å². The first-order valence-corrected chi connectivity index (χ1v) is 5.86. The molecular weight excluding hydrogens is 226 g/mol. The lowest BCUT2D eigenvalue weighted by atomic mass is 10.2. The van der Waals surface area contributed by atoms with Crippen molar-refractivity contribution in [2.24, 2.45) is 0 Å². The first kappa shape index (κ1) is 12.1. The largest absolute Gasteiger partial charge is 0.352 e. The fourth-order valence-corrected chi connectivity index (χ4v) is 1.59. The minimum Gasteiger partial charge on any atom is -0.352 e. The van der Waals surface area contributed by atoms with Gasteiger partial charge in [-0.15, -0.1) is 0 Å². The van der Waals surface area contributed by atoms with Crippen LogP contribution in [0.25, 0.3) is 0 Å². The summed E-state index contributed by atoms with van der Waals surface area (Å²) in [6, 6.07) is 13.0. The minimum atomic E-state index is -0.0674. The summed E-state index contributed by atoms with van der Waals surface area (Å²) in [5, 5.41) is 5.92. The molecule has 2 aromatic rings. The Balaban J connectivity index is 2.15. The maximum atomic E-state index is 11.7. The number of carbonyl (C=O) groups is 1. The standard InChI is InChI=1S/C14H15N3O/c1-2-15-14(18)11-6-5-7-12(10-11)17-13-8-3-4-9-16-13/h3-10H,2H2,1H3,(H,15,18)(H,16,17). The highest BCUT2D eigenvalue weighted by Crippen LogP contribution is 2.15. The molecule has 0 saturated heterocycles. The van der Waals surface area contributed by atoms with E-state index in [1.807, 2.05) is 37.3 Å². The second-order valence-electron chi connectivity index (χ2n) is 3.78. The van der Waals surface area contributed by atoms with E-state index in [-0.39, 0.29) is 5.91 Å². The van der Waals surface area contributed by atoms with E-state index in [9.17, 15) is 4.79 Å². The van der Waals surface area contributed by atoms with Crippen LogP contribution in [0.15, 0.2) is 48.7 Å². The molecule has 0 saturated carbocycles. The number of pyridine rings is 1. The molecule has 0 aliphatic rings. The van der Waals surface area contributed by atoms with Gasteiger partial charge in [0.1, 0.15) is 5.82 Å². The molecule has 0 atom stereocenters.